The molecule has 0 saturated carbocycles. The summed E-state index contributed by atoms with van der Waals surface area (Å²) in [4.78, 5) is 4.29. The van der Waals surface area contributed by atoms with Crippen molar-refractivity contribution in [2.45, 2.75) is 6.42 Å². The minimum atomic E-state index is 1.000. The van der Waals surface area contributed by atoms with Gasteiger partial charge in [-0.05, 0) is 18.2 Å². The monoisotopic (exact) mass is 206 g/mol. The Bertz CT molecular complexity index is 735. The van der Waals surface area contributed by atoms with E-state index in [-0.39, 0.29) is 0 Å². The molecular weight excluding hydrogens is 196 g/mol. The van der Waals surface area contributed by atoms with E-state index in [0.717, 1.165) is 6.42 Å². The summed E-state index contributed by atoms with van der Waals surface area (Å²) in [7, 11) is 0. The van der Waals surface area contributed by atoms with E-state index in [9.17, 15) is 0 Å². The summed E-state index contributed by atoms with van der Waals surface area (Å²) in [6.45, 7) is 0. The molecule has 76 valence electrons. The molecule has 0 radical (unpaired) electrons. The highest BCUT2D eigenvalue weighted by Crippen LogP contribution is 2.29. The summed E-state index contributed by atoms with van der Waals surface area (Å²) in [6.07, 6.45) is 11.4. The van der Waals surface area contributed by atoms with Gasteiger partial charge in [-0.1, -0.05) is 12.2 Å². The minimum absolute atomic E-state index is 1.000. The molecule has 0 aromatic carbocycles. The van der Waals surface area contributed by atoms with Crippen molar-refractivity contribution in [1.82, 2.24) is 9.38 Å². The van der Waals surface area contributed by atoms with Gasteiger partial charge in [-0.3, -0.25) is 4.98 Å². The third-order valence-electron chi connectivity index (χ3n) is 3.28. The first-order valence-corrected chi connectivity index (χ1v) is 5.47. The van der Waals surface area contributed by atoms with Crippen molar-refractivity contribution in [3.63, 3.8) is 0 Å². The van der Waals surface area contributed by atoms with Gasteiger partial charge in [0.25, 0.3) is 0 Å². The van der Waals surface area contributed by atoms with E-state index in [4.69, 9.17) is 0 Å². The minimum Gasteiger partial charge on any atom is -0.320 e. The summed E-state index contributed by atoms with van der Waals surface area (Å²) in [5, 5.41) is 2.59. The number of fused-ring (bicyclic) bond motifs is 2. The maximum absolute atomic E-state index is 4.29. The van der Waals surface area contributed by atoms with Crippen molar-refractivity contribution in [2.75, 3.05) is 0 Å². The maximum atomic E-state index is 4.29. The first-order chi connectivity index (χ1) is 7.93. The van der Waals surface area contributed by atoms with E-state index in [2.05, 4.69) is 45.9 Å². The summed E-state index contributed by atoms with van der Waals surface area (Å²) in [6, 6.07) is 6.44. The van der Waals surface area contributed by atoms with Crippen molar-refractivity contribution in [1.29, 1.82) is 0 Å². The van der Waals surface area contributed by atoms with Crippen molar-refractivity contribution in [3.8, 4) is 0 Å². The van der Waals surface area contributed by atoms with Crippen molar-refractivity contribution in [3.05, 3.63) is 54.1 Å². The largest absolute Gasteiger partial charge is 0.320 e. The zero-order chi connectivity index (χ0) is 10.5. The SMILES string of the molecule is C1=Cc2cncc3cc4cccn4c(c23)C1. The molecule has 0 spiro atoms. The number of nitrogens with zero attached hydrogens (tertiary/aromatic N) is 2. The molecule has 0 bridgehead atoms. The summed E-state index contributed by atoms with van der Waals surface area (Å²) in [5.41, 5.74) is 3.85. The highest BCUT2D eigenvalue weighted by atomic mass is 14.9. The quantitative estimate of drug-likeness (QED) is 0.552. The van der Waals surface area contributed by atoms with Gasteiger partial charge in [-0.15, -0.1) is 0 Å². The average Bonchev–Trinajstić information content (AvgIpc) is 2.78. The van der Waals surface area contributed by atoms with Gasteiger partial charge in [-0.2, -0.15) is 0 Å². The van der Waals surface area contributed by atoms with Gasteiger partial charge in [0.2, 0.25) is 0 Å². The predicted octanol–water partition coefficient (Wildman–Crippen LogP) is 3.06. The van der Waals surface area contributed by atoms with Crippen LogP contribution in [0.4, 0.5) is 0 Å². The number of rotatable bonds is 0. The fourth-order valence-electron chi connectivity index (χ4n) is 2.60. The van der Waals surface area contributed by atoms with Crippen LogP contribution in [-0.4, -0.2) is 9.38 Å². The lowest BCUT2D eigenvalue weighted by Crippen LogP contribution is -2.01. The molecule has 3 aromatic rings. The Labute approximate surface area is 92.9 Å². The van der Waals surface area contributed by atoms with Crippen LogP contribution < -0.4 is 0 Å². The Morgan fingerprint density at radius 2 is 2.25 bits per heavy atom. The molecule has 0 unspecified atom stereocenters. The van der Waals surface area contributed by atoms with Crippen LogP contribution in [0.25, 0.3) is 22.4 Å². The smallest absolute Gasteiger partial charge is 0.0459 e. The van der Waals surface area contributed by atoms with Crippen LogP contribution in [-0.2, 0) is 6.42 Å². The Morgan fingerprint density at radius 3 is 3.25 bits per heavy atom. The first kappa shape index (κ1) is 8.11. The molecule has 1 aliphatic carbocycles. The topological polar surface area (TPSA) is 17.3 Å². The van der Waals surface area contributed by atoms with Crippen LogP contribution in [0, 0.1) is 0 Å². The van der Waals surface area contributed by atoms with Crippen LogP contribution >= 0.6 is 0 Å². The third kappa shape index (κ3) is 0.890. The van der Waals surface area contributed by atoms with Gasteiger partial charge < -0.3 is 4.40 Å². The van der Waals surface area contributed by atoms with Crippen LogP contribution in [0.1, 0.15) is 11.3 Å². The summed E-state index contributed by atoms with van der Waals surface area (Å²) >= 11 is 0. The molecule has 1 aliphatic rings. The zero-order valence-electron chi connectivity index (χ0n) is 8.72. The Morgan fingerprint density at radius 1 is 1.25 bits per heavy atom. The molecule has 0 aliphatic heterocycles. The van der Waals surface area contributed by atoms with Gasteiger partial charge in [0, 0.05) is 52.6 Å². The third-order valence-corrected chi connectivity index (χ3v) is 3.28. The molecule has 0 amide bonds. The summed E-state index contributed by atoms with van der Waals surface area (Å²) in [5.74, 6) is 0. The highest BCUT2D eigenvalue weighted by molar-refractivity contribution is 5.95. The van der Waals surface area contributed by atoms with E-state index < -0.39 is 0 Å². The van der Waals surface area contributed by atoms with Gasteiger partial charge in [0.15, 0.2) is 0 Å². The Hall–Kier alpha value is -2.09. The van der Waals surface area contributed by atoms with E-state index in [0.29, 0.717) is 0 Å². The second kappa shape index (κ2) is 2.73. The van der Waals surface area contributed by atoms with Gasteiger partial charge in [0.1, 0.15) is 0 Å². The standard InChI is InChI=1S/C14H10N2/c1-3-10-8-15-9-11-7-12-4-2-6-16(12)13(5-1)14(10)11/h1-4,6-9H,5H2. The van der Waals surface area contributed by atoms with E-state index in [1.807, 2.05) is 12.4 Å². The van der Waals surface area contributed by atoms with Gasteiger partial charge >= 0.3 is 0 Å². The normalized spacial score (nSPS) is 13.8. The van der Waals surface area contributed by atoms with Gasteiger partial charge in [-0.25, -0.2) is 0 Å². The number of pyridine rings is 2. The fourth-order valence-corrected chi connectivity index (χ4v) is 2.60. The number of allylic oxidation sites excluding steroid dienone is 1. The second-order valence-corrected chi connectivity index (χ2v) is 4.19. The lowest BCUT2D eigenvalue weighted by atomic mass is 9.99. The van der Waals surface area contributed by atoms with E-state index in [1.165, 1.54) is 27.5 Å². The Kier molecular flexibility index (Phi) is 1.38. The van der Waals surface area contributed by atoms with Crippen molar-refractivity contribution >= 4 is 22.4 Å². The lowest BCUT2D eigenvalue weighted by Gasteiger charge is -2.14. The maximum Gasteiger partial charge on any atom is 0.0459 e. The lowest BCUT2D eigenvalue weighted by molar-refractivity contribution is 1.05. The van der Waals surface area contributed by atoms with E-state index >= 15 is 0 Å². The number of hydrogen-bond acceptors (Lipinski definition) is 1. The van der Waals surface area contributed by atoms with Gasteiger partial charge in [0.05, 0.1) is 0 Å². The molecule has 3 heterocycles. The van der Waals surface area contributed by atoms with Crippen LogP contribution in [0.5, 0.6) is 0 Å². The molecule has 3 aromatic heterocycles. The molecule has 0 atom stereocenters. The van der Waals surface area contributed by atoms with E-state index in [1.54, 1.807) is 0 Å². The molecule has 0 saturated heterocycles. The molecule has 2 nitrogen and oxygen atoms in total. The molecule has 0 fully saturated rings. The van der Waals surface area contributed by atoms with Crippen molar-refractivity contribution in [2.24, 2.45) is 0 Å². The van der Waals surface area contributed by atoms with Crippen molar-refractivity contribution < 1.29 is 0 Å². The molecule has 4 rings (SSSR count). The number of aromatic nitrogens is 2. The van der Waals surface area contributed by atoms with Crippen LogP contribution in [0.15, 0.2) is 42.9 Å². The predicted molar refractivity (Wildman–Crippen MR) is 65.4 cm³/mol. The van der Waals surface area contributed by atoms with Crippen LogP contribution in [0.3, 0.4) is 0 Å². The number of hydrogen-bond donors (Lipinski definition) is 0. The molecule has 0 N–H and O–H groups in total. The molecular formula is C14H10N2. The fraction of sp³-hybridized carbons (Fsp3) is 0.0714. The summed E-state index contributed by atoms with van der Waals surface area (Å²) < 4.78 is 2.27. The molecule has 16 heavy (non-hydrogen) atoms. The second-order valence-electron chi connectivity index (χ2n) is 4.19. The highest BCUT2D eigenvalue weighted by Gasteiger charge is 2.12. The first-order valence-electron chi connectivity index (χ1n) is 5.47. The van der Waals surface area contributed by atoms with Crippen LogP contribution in [0.2, 0.25) is 0 Å². The molecule has 2 heteroatoms. The average molecular weight is 206 g/mol. The Balaban J connectivity index is 2.36. The zero-order valence-corrected chi connectivity index (χ0v) is 8.72.